The van der Waals surface area contributed by atoms with Gasteiger partial charge in [-0.05, 0) is 30.5 Å². The van der Waals surface area contributed by atoms with E-state index in [1.165, 1.54) is 25.0 Å². The monoisotopic (exact) mass is 260 g/mol. The molecule has 3 N–H and O–H groups in total. The minimum absolute atomic E-state index is 0.0640. The van der Waals surface area contributed by atoms with Gasteiger partial charge in [0.2, 0.25) is 0 Å². The molecule has 0 unspecified atom stereocenters. The van der Waals surface area contributed by atoms with E-state index in [0.717, 1.165) is 12.3 Å². The van der Waals surface area contributed by atoms with E-state index in [2.05, 4.69) is 17.2 Å². The summed E-state index contributed by atoms with van der Waals surface area (Å²) in [5.41, 5.74) is 5.83. The zero-order valence-electron chi connectivity index (χ0n) is 10.7. The van der Waals surface area contributed by atoms with E-state index in [0.29, 0.717) is 12.1 Å². The van der Waals surface area contributed by atoms with Gasteiger partial charge in [-0.25, -0.2) is 4.39 Å². The van der Waals surface area contributed by atoms with Crippen molar-refractivity contribution in [1.82, 2.24) is 5.32 Å². The van der Waals surface area contributed by atoms with Gasteiger partial charge in [-0.1, -0.05) is 24.7 Å². The third-order valence-corrected chi connectivity index (χ3v) is 3.08. The Labute approximate surface area is 112 Å². The first-order valence-corrected chi connectivity index (χ1v) is 6.47. The van der Waals surface area contributed by atoms with Crippen molar-refractivity contribution in [2.45, 2.75) is 19.3 Å². The largest absolute Gasteiger partial charge is 0.352 e. The van der Waals surface area contributed by atoms with Crippen molar-refractivity contribution in [3.8, 4) is 11.8 Å². The van der Waals surface area contributed by atoms with Crippen LogP contribution in [-0.2, 0) is 0 Å². The second-order valence-corrected chi connectivity index (χ2v) is 4.69. The summed E-state index contributed by atoms with van der Waals surface area (Å²) in [4.78, 5) is 11.8. The number of benzene rings is 1. The molecule has 1 saturated carbocycles. The molecule has 1 amide bonds. The van der Waals surface area contributed by atoms with E-state index in [4.69, 9.17) is 5.73 Å². The summed E-state index contributed by atoms with van der Waals surface area (Å²) in [6.07, 6.45) is 3.48. The summed E-state index contributed by atoms with van der Waals surface area (Å²) in [6.45, 7) is 0.836. The van der Waals surface area contributed by atoms with Crippen LogP contribution in [0.3, 0.4) is 0 Å². The molecular weight excluding hydrogens is 243 g/mol. The molecule has 0 aliphatic heterocycles. The Balaban J connectivity index is 1.96. The van der Waals surface area contributed by atoms with Crippen molar-refractivity contribution in [2.75, 3.05) is 13.1 Å². The van der Waals surface area contributed by atoms with E-state index < -0.39 is 5.82 Å². The summed E-state index contributed by atoms with van der Waals surface area (Å²) in [5, 5.41) is 2.74. The number of nitrogens with one attached hydrogen (secondary N) is 1. The quantitative estimate of drug-likeness (QED) is 0.809. The molecule has 1 aromatic rings. The maximum absolute atomic E-state index is 13.8. The minimum atomic E-state index is -0.548. The van der Waals surface area contributed by atoms with Gasteiger partial charge in [-0.3, -0.25) is 4.79 Å². The second-order valence-electron chi connectivity index (χ2n) is 4.69. The van der Waals surface area contributed by atoms with Gasteiger partial charge in [-0.2, -0.15) is 0 Å². The average Bonchev–Trinajstić information content (AvgIpc) is 3.20. The lowest BCUT2D eigenvalue weighted by Gasteiger charge is -2.05. The molecule has 2 rings (SSSR count). The smallest absolute Gasteiger partial charge is 0.254 e. The van der Waals surface area contributed by atoms with Crippen LogP contribution in [0, 0.1) is 23.6 Å². The Kier molecular flexibility index (Phi) is 4.53. The lowest BCUT2D eigenvalue weighted by Crippen LogP contribution is -2.25. The van der Waals surface area contributed by atoms with Gasteiger partial charge in [0.25, 0.3) is 5.91 Å². The van der Waals surface area contributed by atoms with E-state index in [9.17, 15) is 9.18 Å². The van der Waals surface area contributed by atoms with Crippen molar-refractivity contribution in [3.63, 3.8) is 0 Å². The van der Waals surface area contributed by atoms with Crippen LogP contribution in [0.1, 0.15) is 35.2 Å². The van der Waals surface area contributed by atoms with Gasteiger partial charge in [0, 0.05) is 12.1 Å². The highest BCUT2D eigenvalue weighted by molar-refractivity contribution is 5.94. The molecule has 0 saturated heterocycles. The van der Waals surface area contributed by atoms with Crippen molar-refractivity contribution in [1.29, 1.82) is 0 Å². The summed E-state index contributed by atoms with van der Waals surface area (Å²) in [7, 11) is 0. The molecule has 0 spiro atoms. The van der Waals surface area contributed by atoms with Crippen LogP contribution in [0.2, 0.25) is 0 Å². The highest BCUT2D eigenvalue weighted by atomic mass is 19.1. The standard InChI is InChI=1S/C15H17FN2O/c16-14-10-12(2-1-8-17)5-6-13(14)15(19)18-9-7-11-3-4-11/h5-6,10-11H,3-4,7-9,17H2,(H,18,19). The number of halogens is 1. The number of amides is 1. The van der Waals surface area contributed by atoms with Crippen LogP contribution < -0.4 is 11.1 Å². The average molecular weight is 260 g/mol. The van der Waals surface area contributed by atoms with Gasteiger partial charge in [-0.15, -0.1) is 0 Å². The van der Waals surface area contributed by atoms with Crippen LogP contribution in [-0.4, -0.2) is 19.0 Å². The lowest BCUT2D eigenvalue weighted by molar-refractivity contribution is 0.0948. The van der Waals surface area contributed by atoms with Gasteiger partial charge in [0.05, 0.1) is 12.1 Å². The molecule has 0 radical (unpaired) electrons. The van der Waals surface area contributed by atoms with Gasteiger partial charge in [0.1, 0.15) is 5.82 Å². The van der Waals surface area contributed by atoms with E-state index in [1.54, 1.807) is 6.07 Å². The Morgan fingerprint density at radius 1 is 1.47 bits per heavy atom. The first-order valence-electron chi connectivity index (χ1n) is 6.47. The normalized spacial score (nSPS) is 13.6. The topological polar surface area (TPSA) is 55.1 Å². The fraction of sp³-hybridized carbons (Fsp3) is 0.400. The van der Waals surface area contributed by atoms with Crippen molar-refractivity contribution in [3.05, 3.63) is 35.1 Å². The van der Waals surface area contributed by atoms with Crippen LogP contribution >= 0.6 is 0 Å². The molecule has 0 bridgehead atoms. The molecule has 0 heterocycles. The van der Waals surface area contributed by atoms with Crippen LogP contribution in [0.25, 0.3) is 0 Å². The third-order valence-electron chi connectivity index (χ3n) is 3.08. The zero-order valence-corrected chi connectivity index (χ0v) is 10.7. The Morgan fingerprint density at radius 2 is 2.26 bits per heavy atom. The summed E-state index contributed by atoms with van der Waals surface area (Å²) >= 11 is 0. The molecule has 1 aliphatic rings. The fourth-order valence-electron chi connectivity index (χ4n) is 1.82. The number of carbonyl (C=O) groups is 1. The van der Waals surface area contributed by atoms with Gasteiger partial charge in [0.15, 0.2) is 0 Å². The minimum Gasteiger partial charge on any atom is -0.352 e. The Hall–Kier alpha value is -1.86. The Bertz CT molecular complexity index is 527. The predicted octanol–water partition coefficient (Wildman–Crippen LogP) is 1.67. The first-order chi connectivity index (χ1) is 9.20. The SMILES string of the molecule is NCC#Cc1ccc(C(=O)NCCC2CC2)c(F)c1. The van der Waals surface area contributed by atoms with Crippen molar-refractivity contribution in [2.24, 2.45) is 11.7 Å². The van der Waals surface area contributed by atoms with Gasteiger partial charge >= 0.3 is 0 Å². The third kappa shape index (κ3) is 4.08. The first kappa shape index (κ1) is 13.6. The van der Waals surface area contributed by atoms with Crippen LogP contribution in [0.5, 0.6) is 0 Å². The number of carbonyl (C=O) groups excluding carboxylic acids is 1. The van der Waals surface area contributed by atoms with E-state index in [-0.39, 0.29) is 18.0 Å². The molecule has 1 aromatic carbocycles. The van der Waals surface area contributed by atoms with Crippen molar-refractivity contribution >= 4 is 5.91 Å². The summed E-state index contributed by atoms with van der Waals surface area (Å²) < 4.78 is 13.8. The maximum Gasteiger partial charge on any atom is 0.254 e. The fourth-order valence-corrected chi connectivity index (χ4v) is 1.82. The van der Waals surface area contributed by atoms with Crippen LogP contribution in [0.4, 0.5) is 4.39 Å². The highest BCUT2D eigenvalue weighted by Gasteiger charge is 2.21. The number of hydrogen-bond donors (Lipinski definition) is 2. The second kappa shape index (κ2) is 6.35. The van der Waals surface area contributed by atoms with Crippen molar-refractivity contribution < 1.29 is 9.18 Å². The van der Waals surface area contributed by atoms with Crippen LogP contribution in [0.15, 0.2) is 18.2 Å². The number of hydrogen-bond acceptors (Lipinski definition) is 2. The van der Waals surface area contributed by atoms with E-state index in [1.807, 2.05) is 0 Å². The molecule has 3 nitrogen and oxygen atoms in total. The molecule has 0 atom stereocenters. The molecule has 19 heavy (non-hydrogen) atoms. The molecular formula is C15H17FN2O. The summed E-state index contributed by atoms with van der Waals surface area (Å²) in [6, 6.07) is 4.35. The number of rotatable bonds is 4. The summed E-state index contributed by atoms with van der Waals surface area (Å²) in [5.74, 6) is 5.21. The molecule has 4 heteroatoms. The maximum atomic E-state index is 13.8. The predicted molar refractivity (Wildman–Crippen MR) is 72.0 cm³/mol. The lowest BCUT2D eigenvalue weighted by atomic mass is 10.1. The molecule has 1 aliphatic carbocycles. The molecule has 100 valence electrons. The highest BCUT2D eigenvalue weighted by Crippen LogP contribution is 2.31. The molecule has 0 aromatic heterocycles. The van der Waals surface area contributed by atoms with Gasteiger partial charge < -0.3 is 11.1 Å². The molecule has 1 fully saturated rings. The Morgan fingerprint density at radius 3 is 2.89 bits per heavy atom. The van der Waals surface area contributed by atoms with E-state index >= 15 is 0 Å². The zero-order chi connectivity index (χ0) is 13.7. The number of nitrogens with two attached hydrogens (primary N) is 1.